The molecule has 0 aromatic carbocycles. The van der Waals surface area contributed by atoms with E-state index in [4.69, 9.17) is 15.0 Å². The number of anilines is 3. The van der Waals surface area contributed by atoms with Crippen LogP contribution in [0.4, 0.5) is 17.8 Å². The topological polar surface area (TPSA) is 93.3 Å². The highest BCUT2D eigenvalue weighted by atomic mass is 15.4. The largest absolute Gasteiger partial charge is 0.351 e. The minimum absolute atomic E-state index is 0.0248. The lowest BCUT2D eigenvalue weighted by Gasteiger charge is -2.50. The van der Waals surface area contributed by atoms with Crippen molar-refractivity contribution in [2.75, 3.05) is 28.2 Å². The van der Waals surface area contributed by atoms with Crippen LogP contribution < -0.4 is 31.1 Å². The smallest absolute Gasteiger partial charge is 0.232 e. The van der Waals surface area contributed by atoms with Crippen molar-refractivity contribution in [3.8, 4) is 0 Å². The third-order valence-corrected chi connectivity index (χ3v) is 10.4. The fraction of sp³-hybridized carbons (Fsp3) is 0.921. The van der Waals surface area contributed by atoms with Crippen molar-refractivity contribution < 1.29 is 0 Å². The Kier molecular flexibility index (Phi) is 11.3. The van der Waals surface area contributed by atoms with E-state index in [1.165, 1.54) is 0 Å². The molecule has 3 saturated heterocycles. The number of nitrogens with zero attached hydrogens (tertiary/aromatic N) is 5. The van der Waals surface area contributed by atoms with E-state index in [1.807, 2.05) is 0 Å². The third-order valence-electron chi connectivity index (χ3n) is 10.4. The van der Waals surface area contributed by atoms with E-state index in [0.717, 1.165) is 95.1 Å². The minimum Gasteiger partial charge on any atom is -0.351 e. The molecular formula is C38H73N9. The lowest BCUT2D eigenvalue weighted by atomic mass is 9.79. The first-order chi connectivity index (χ1) is 21.5. The Bertz CT molecular complexity index is 1070. The second-order valence-corrected chi connectivity index (χ2v) is 19.4. The minimum atomic E-state index is 0.0248. The number of hydrogen-bond acceptors (Lipinski definition) is 9. The van der Waals surface area contributed by atoms with Crippen LogP contribution in [0.5, 0.6) is 0 Å². The molecule has 0 atom stereocenters. The van der Waals surface area contributed by atoms with Gasteiger partial charge in [-0.15, -0.1) is 0 Å². The van der Waals surface area contributed by atoms with Crippen LogP contribution in [-0.2, 0) is 0 Å². The molecule has 0 aliphatic carbocycles. The van der Waals surface area contributed by atoms with Crippen LogP contribution in [0.1, 0.15) is 161 Å². The summed E-state index contributed by atoms with van der Waals surface area (Å²) < 4.78 is 0. The van der Waals surface area contributed by atoms with Crippen molar-refractivity contribution in [3.63, 3.8) is 0 Å². The Balaban J connectivity index is 1.83. The molecule has 4 rings (SSSR count). The van der Waals surface area contributed by atoms with Crippen molar-refractivity contribution in [1.82, 2.24) is 30.9 Å². The van der Waals surface area contributed by atoms with E-state index in [0.29, 0.717) is 12.1 Å². The van der Waals surface area contributed by atoms with Crippen LogP contribution in [0.3, 0.4) is 0 Å². The summed E-state index contributed by atoms with van der Waals surface area (Å²) in [5.74, 6) is 2.41. The summed E-state index contributed by atoms with van der Waals surface area (Å²) in [6.07, 6.45) is 10.7. The average molecular weight is 656 g/mol. The zero-order valence-electron chi connectivity index (χ0n) is 33.0. The zero-order valence-corrected chi connectivity index (χ0v) is 33.0. The number of hydrogen-bond donors (Lipinski definition) is 4. The predicted octanol–water partition coefficient (Wildman–Crippen LogP) is 7.42. The third kappa shape index (κ3) is 10.6. The summed E-state index contributed by atoms with van der Waals surface area (Å²) in [5, 5.41) is 15.5. The monoisotopic (exact) mass is 656 g/mol. The number of piperidine rings is 3. The average Bonchev–Trinajstić information content (AvgIpc) is 2.83. The first-order valence-electron chi connectivity index (χ1n) is 19.0. The fourth-order valence-electron chi connectivity index (χ4n) is 9.81. The van der Waals surface area contributed by atoms with Crippen molar-refractivity contribution in [2.24, 2.45) is 0 Å². The van der Waals surface area contributed by atoms with Gasteiger partial charge in [-0.2, -0.15) is 15.0 Å². The number of nitrogens with one attached hydrogen (secondary N) is 4. The van der Waals surface area contributed by atoms with E-state index >= 15 is 0 Å². The van der Waals surface area contributed by atoms with Crippen molar-refractivity contribution >= 4 is 17.8 Å². The highest BCUT2D eigenvalue weighted by Gasteiger charge is 2.43. The van der Waals surface area contributed by atoms with Gasteiger partial charge in [0.2, 0.25) is 17.8 Å². The molecule has 47 heavy (non-hydrogen) atoms. The van der Waals surface area contributed by atoms with Gasteiger partial charge >= 0.3 is 0 Å². The number of aromatic nitrogens is 3. The molecule has 4 N–H and O–H groups in total. The molecule has 0 spiro atoms. The SMILES string of the molecule is CCCCN(c1nc(NC2CC(C)(C)NC(C)(C)C2)nc(N(CCCC)C2CC(C)(C)NC(C)(C)C2)n1)C1CC(C)(C)NC(C)(C)C1. The summed E-state index contributed by atoms with van der Waals surface area (Å²) in [4.78, 5) is 21.2. The molecule has 3 aliphatic rings. The van der Waals surface area contributed by atoms with Gasteiger partial charge in [-0.3, -0.25) is 0 Å². The molecule has 0 radical (unpaired) electrons. The van der Waals surface area contributed by atoms with Gasteiger partial charge in [-0.1, -0.05) is 26.7 Å². The Labute approximate surface area is 289 Å². The first-order valence-corrected chi connectivity index (χ1v) is 19.0. The van der Waals surface area contributed by atoms with Crippen molar-refractivity contribution in [3.05, 3.63) is 0 Å². The highest BCUT2D eigenvalue weighted by molar-refractivity contribution is 5.48. The predicted molar refractivity (Wildman–Crippen MR) is 201 cm³/mol. The molecular weight excluding hydrogens is 582 g/mol. The molecule has 0 saturated carbocycles. The highest BCUT2D eigenvalue weighted by Crippen LogP contribution is 2.37. The van der Waals surface area contributed by atoms with E-state index in [-0.39, 0.29) is 39.3 Å². The van der Waals surface area contributed by atoms with Crippen LogP contribution in [0.25, 0.3) is 0 Å². The summed E-state index contributed by atoms with van der Waals surface area (Å²) in [6, 6.07) is 0.952. The quantitative estimate of drug-likeness (QED) is 0.184. The second-order valence-electron chi connectivity index (χ2n) is 19.4. The van der Waals surface area contributed by atoms with Gasteiger partial charge in [0, 0.05) is 64.4 Å². The fourth-order valence-corrected chi connectivity index (χ4v) is 9.81. The van der Waals surface area contributed by atoms with Crippen LogP contribution in [0, 0.1) is 0 Å². The molecule has 3 aliphatic heterocycles. The summed E-state index contributed by atoms with van der Waals surface area (Å²) in [5.41, 5.74) is 0.159. The molecule has 9 heteroatoms. The summed E-state index contributed by atoms with van der Waals surface area (Å²) in [7, 11) is 0. The first kappa shape index (κ1) is 38.1. The van der Waals surface area contributed by atoms with Crippen LogP contribution in [0.2, 0.25) is 0 Å². The van der Waals surface area contributed by atoms with E-state index in [1.54, 1.807) is 0 Å². The van der Waals surface area contributed by atoms with Crippen molar-refractivity contribution in [2.45, 2.75) is 212 Å². The van der Waals surface area contributed by atoms with Gasteiger partial charge in [-0.05, 0) is 134 Å². The van der Waals surface area contributed by atoms with Gasteiger partial charge in [0.05, 0.1) is 0 Å². The summed E-state index contributed by atoms with van der Waals surface area (Å²) in [6.45, 7) is 34.5. The lowest BCUT2D eigenvalue weighted by molar-refractivity contribution is 0.157. The Hall–Kier alpha value is -1.71. The van der Waals surface area contributed by atoms with E-state index in [2.05, 4.69) is 128 Å². The standard InChI is InChI=1S/C38H73N9/c1-15-17-19-46(28-23-35(7,8)44-36(9,10)24-28)31-40-30(39-27-21-33(3,4)43-34(5,6)22-27)41-32(42-31)47(20-18-16-2)29-25-37(11,12)45-38(13,14)26-29/h27-29,43-45H,15-26H2,1-14H3,(H,39,40,41,42). The van der Waals surface area contributed by atoms with Gasteiger partial charge in [0.15, 0.2) is 0 Å². The molecule has 1 aromatic rings. The lowest BCUT2D eigenvalue weighted by Crippen LogP contribution is -2.63. The molecule has 4 heterocycles. The van der Waals surface area contributed by atoms with Gasteiger partial charge in [-0.25, -0.2) is 0 Å². The maximum absolute atomic E-state index is 5.47. The normalized spacial score (nSPS) is 25.3. The molecule has 1 aromatic heterocycles. The van der Waals surface area contributed by atoms with Crippen LogP contribution >= 0.6 is 0 Å². The van der Waals surface area contributed by atoms with Gasteiger partial charge in [0.1, 0.15) is 0 Å². The maximum Gasteiger partial charge on any atom is 0.232 e. The van der Waals surface area contributed by atoms with E-state index < -0.39 is 0 Å². The molecule has 270 valence electrons. The van der Waals surface area contributed by atoms with Crippen LogP contribution in [-0.4, -0.2) is 79.4 Å². The zero-order chi connectivity index (χ0) is 35.1. The van der Waals surface area contributed by atoms with Crippen molar-refractivity contribution in [1.29, 1.82) is 0 Å². The molecule has 9 nitrogen and oxygen atoms in total. The van der Waals surface area contributed by atoms with Crippen LogP contribution in [0.15, 0.2) is 0 Å². The number of rotatable bonds is 12. The Morgan fingerprint density at radius 1 is 0.532 bits per heavy atom. The molecule has 0 amide bonds. The molecule has 0 bridgehead atoms. The maximum atomic E-state index is 5.47. The van der Waals surface area contributed by atoms with Gasteiger partial charge < -0.3 is 31.1 Å². The second kappa shape index (κ2) is 13.9. The molecule has 0 unspecified atom stereocenters. The number of unbranched alkanes of at least 4 members (excludes halogenated alkanes) is 2. The Morgan fingerprint density at radius 2 is 0.851 bits per heavy atom. The van der Waals surface area contributed by atoms with E-state index in [9.17, 15) is 0 Å². The Morgan fingerprint density at radius 3 is 1.17 bits per heavy atom. The van der Waals surface area contributed by atoms with Gasteiger partial charge in [0.25, 0.3) is 0 Å². The molecule has 3 fully saturated rings. The summed E-state index contributed by atoms with van der Waals surface area (Å²) >= 11 is 0.